The number of aliphatic carboxylic acids is 1. The number of hydrogen-bond acceptors (Lipinski definition) is 5. The Balaban J connectivity index is 2.50. The lowest BCUT2D eigenvalue weighted by Gasteiger charge is -2.25. The second-order valence-corrected chi connectivity index (χ2v) is 3.63. The van der Waals surface area contributed by atoms with Gasteiger partial charge in [-0.3, -0.25) is 4.79 Å². The van der Waals surface area contributed by atoms with Crippen molar-refractivity contribution in [1.82, 2.24) is 10.6 Å². The van der Waals surface area contributed by atoms with Crippen LogP contribution in [0.2, 0.25) is 0 Å². The first-order valence-electron chi connectivity index (χ1n) is 5.06. The van der Waals surface area contributed by atoms with Crippen molar-refractivity contribution in [3.05, 3.63) is 0 Å². The van der Waals surface area contributed by atoms with E-state index < -0.39 is 30.1 Å². The maximum Gasteiger partial charge on any atom is 0.328 e. The Bertz CT molecular complexity index is 263. The van der Waals surface area contributed by atoms with Gasteiger partial charge in [0.2, 0.25) is 0 Å². The van der Waals surface area contributed by atoms with Crippen LogP contribution >= 0.6 is 0 Å². The average molecular weight is 232 g/mol. The number of carboxylic acid groups (broad SMARTS) is 1. The zero-order valence-electron chi connectivity index (χ0n) is 8.97. The molecule has 1 fully saturated rings. The molecule has 1 rings (SSSR count). The van der Waals surface area contributed by atoms with E-state index in [-0.39, 0.29) is 0 Å². The van der Waals surface area contributed by atoms with E-state index in [2.05, 4.69) is 10.6 Å². The van der Waals surface area contributed by atoms with E-state index in [1.807, 2.05) is 0 Å². The number of rotatable bonds is 4. The number of nitrogens with one attached hydrogen (secondary N) is 2. The molecular formula is C9H16N2O5. The zero-order chi connectivity index (χ0) is 12.1. The summed E-state index contributed by atoms with van der Waals surface area (Å²) >= 11 is 0. The quantitative estimate of drug-likeness (QED) is 0.443. The summed E-state index contributed by atoms with van der Waals surface area (Å²) in [6, 6.07) is -1.31. The van der Waals surface area contributed by atoms with E-state index in [0.717, 1.165) is 0 Å². The number of carbonyl (C=O) groups excluding carboxylic acids is 1. The molecule has 3 atom stereocenters. The van der Waals surface area contributed by atoms with Crippen molar-refractivity contribution in [3.8, 4) is 0 Å². The van der Waals surface area contributed by atoms with Crippen LogP contribution < -0.4 is 10.6 Å². The molecule has 0 aliphatic carbocycles. The van der Waals surface area contributed by atoms with Gasteiger partial charge in [-0.05, 0) is 6.92 Å². The molecular weight excluding hydrogens is 216 g/mol. The summed E-state index contributed by atoms with van der Waals surface area (Å²) in [7, 11) is 0. The maximum atomic E-state index is 11.6. The first-order valence-corrected chi connectivity index (χ1v) is 5.06. The molecule has 92 valence electrons. The Morgan fingerprint density at radius 1 is 1.56 bits per heavy atom. The molecule has 0 bridgehead atoms. The highest BCUT2D eigenvalue weighted by Gasteiger charge is 2.29. The molecule has 7 nitrogen and oxygen atoms in total. The molecule has 1 amide bonds. The molecule has 1 heterocycles. The fourth-order valence-corrected chi connectivity index (χ4v) is 1.37. The van der Waals surface area contributed by atoms with Gasteiger partial charge in [0, 0.05) is 13.1 Å². The van der Waals surface area contributed by atoms with Crippen LogP contribution in [-0.4, -0.2) is 60.0 Å². The van der Waals surface area contributed by atoms with Crippen molar-refractivity contribution in [2.24, 2.45) is 0 Å². The van der Waals surface area contributed by atoms with Crippen molar-refractivity contribution < 1.29 is 24.5 Å². The number of aliphatic hydroxyl groups is 1. The fraction of sp³-hybridized carbons (Fsp3) is 0.778. The minimum atomic E-state index is -1.31. The summed E-state index contributed by atoms with van der Waals surface area (Å²) in [5.41, 5.74) is 0. The minimum Gasteiger partial charge on any atom is -0.480 e. The SMILES string of the molecule is C[C@@H](O)[C@H](NC(=O)C1CNCCO1)C(=O)O. The van der Waals surface area contributed by atoms with Gasteiger partial charge in [0.1, 0.15) is 6.10 Å². The monoisotopic (exact) mass is 232 g/mol. The first kappa shape index (κ1) is 12.9. The second-order valence-electron chi connectivity index (χ2n) is 3.63. The zero-order valence-corrected chi connectivity index (χ0v) is 8.97. The van der Waals surface area contributed by atoms with E-state index in [1.165, 1.54) is 6.92 Å². The number of carboxylic acids is 1. The number of ether oxygens (including phenoxy) is 1. The average Bonchev–Trinajstić information content (AvgIpc) is 2.25. The smallest absolute Gasteiger partial charge is 0.328 e. The Morgan fingerprint density at radius 3 is 2.69 bits per heavy atom. The van der Waals surface area contributed by atoms with E-state index in [1.54, 1.807) is 0 Å². The van der Waals surface area contributed by atoms with Crippen LogP contribution in [0, 0.1) is 0 Å². The van der Waals surface area contributed by atoms with Gasteiger partial charge in [0.05, 0.1) is 12.7 Å². The normalized spacial score (nSPS) is 24.5. The van der Waals surface area contributed by atoms with Crippen molar-refractivity contribution in [2.75, 3.05) is 19.7 Å². The molecule has 0 aromatic heterocycles. The number of amides is 1. The number of aliphatic hydroxyl groups excluding tert-OH is 1. The summed E-state index contributed by atoms with van der Waals surface area (Å²) < 4.78 is 5.15. The first-order chi connectivity index (χ1) is 7.52. The highest BCUT2D eigenvalue weighted by atomic mass is 16.5. The molecule has 0 spiro atoms. The predicted octanol–water partition coefficient (Wildman–Crippen LogP) is -2.07. The van der Waals surface area contributed by atoms with E-state index >= 15 is 0 Å². The van der Waals surface area contributed by atoms with Gasteiger partial charge in [-0.25, -0.2) is 4.79 Å². The predicted molar refractivity (Wildman–Crippen MR) is 53.9 cm³/mol. The summed E-state index contributed by atoms with van der Waals surface area (Å²) in [6.07, 6.45) is -1.85. The summed E-state index contributed by atoms with van der Waals surface area (Å²) in [6.45, 7) is 2.73. The fourth-order valence-electron chi connectivity index (χ4n) is 1.37. The molecule has 7 heteroatoms. The minimum absolute atomic E-state index is 0.345. The number of hydrogen-bond donors (Lipinski definition) is 4. The third-order valence-corrected chi connectivity index (χ3v) is 2.27. The highest BCUT2D eigenvalue weighted by molar-refractivity contribution is 5.86. The third-order valence-electron chi connectivity index (χ3n) is 2.27. The van der Waals surface area contributed by atoms with Crippen LogP contribution in [0.25, 0.3) is 0 Å². The molecule has 0 aromatic carbocycles. The standard InChI is InChI=1S/C9H16N2O5/c1-5(12)7(9(14)15)11-8(13)6-4-10-2-3-16-6/h5-7,10,12H,2-4H2,1H3,(H,11,13)(H,14,15)/t5-,6?,7+/m1/s1. The largest absolute Gasteiger partial charge is 0.480 e. The van der Waals surface area contributed by atoms with Crippen LogP contribution in [0.15, 0.2) is 0 Å². The Labute approximate surface area is 92.8 Å². The summed E-state index contributed by atoms with van der Waals surface area (Å²) in [5, 5.41) is 23.1. The summed E-state index contributed by atoms with van der Waals surface area (Å²) in [5.74, 6) is -1.80. The molecule has 1 unspecified atom stereocenters. The topological polar surface area (TPSA) is 108 Å². The number of morpholine rings is 1. The Hall–Kier alpha value is -1.18. The molecule has 1 aliphatic heterocycles. The van der Waals surface area contributed by atoms with Crippen LogP contribution in [0.5, 0.6) is 0 Å². The van der Waals surface area contributed by atoms with E-state index in [4.69, 9.17) is 9.84 Å². The van der Waals surface area contributed by atoms with Gasteiger partial charge in [0.15, 0.2) is 6.04 Å². The summed E-state index contributed by atoms with van der Waals surface area (Å²) in [4.78, 5) is 22.3. The molecule has 16 heavy (non-hydrogen) atoms. The molecule has 1 saturated heterocycles. The van der Waals surface area contributed by atoms with Crippen molar-refractivity contribution in [1.29, 1.82) is 0 Å². The van der Waals surface area contributed by atoms with Gasteiger partial charge in [-0.15, -0.1) is 0 Å². The van der Waals surface area contributed by atoms with Crippen LogP contribution in [0.1, 0.15) is 6.92 Å². The molecule has 0 saturated carbocycles. The number of carbonyl (C=O) groups is 2. The van der Waals surface area contributed by atoms with Gasteiger partial charge >= 0.3 is 5.97 Å². The molecule has 0 radical (unpaired) electrons. The highest BCUT2D eigenvalue weighted by Crippen LogP contribution is 1.99. The van der Waals surface area contributed by atoms with Crippen LogP contribution in [0.3, 0.4) is 0 Å². The lowest BCUT2D eigenvalue weighted by molar-refractivity contribution is -0.147. The van der Waals surface area contributed by atoms with Gasteiger partial charge in [-0.1, -0.05) is 0 Å². The van der Waals surface area contributed by atoms with Crippen molar-refractivity contribution in [2.45, 2.75) is 25.2 Å². The Morgan fingerprint density at radius 2 is 2.25 bits per heavy atom. The van der Waals surface area contributed by atoms with Gasteiger partial charge in [-0.2, -0.15) is 0 Å². The van der Waals surface area contributed by atoms with E-state index in [9.17, 15) is 14.7 Å². The van der Waals surface area contributed by atoms with Gasteiger partial charge < -0.3 is 25.6 Å². The lowest BCUT2D eigenvalue weighted by Crippen LogP contribution is -2.54. The lowest BCUT2D eigenvalue weighted by atomic mass is 10.1. The third kappa shape index (κ3) is 3.44. The second kappa shape index (κ2) is 5.78. The molecule has 4 N–H and O–H groups in total. The Kier molecular flexibility index (Phi) is 4.66. The molecule has 0 aromatic rings. The van der Waals surface area contributed by atoms with Crippen LogP contribution in [-0.2, 0) is 14.3 Å². The van der Waals surface area contributed by atoms with Crippen LogP contribution in [0.4, 0.5) is 0 Å². The molecule has 1 aliphatic rings. The van der Waals surface area contributed by atoms with E-state index in [0.29, 0.717) is 19.7 Å². The van der Waals surface area contributed by atoms with Crippen molar-refractivity contribution in [3.63, 3.8) is 0 Å². The van der Waals surface area contributed by atoms with Crippen molar-refractivity contribution >= 4 is 11.9 Å². The maximum absolute atomic E-state index is 11.6. The van der Waals surface area contributed by atoms with Gasteiger partial charge in [0.25, 0.3) is 5.91 Å².